The summed E-state index contributed by atoms with van der Waals surface area (Å²) >= 11 is 1.72. The number of aryl methyl sites for hydroxylation is 2. The van der Waals surface area contributed by atoms with E-state index >= 15 is 0 Å². The van der Waals surface area contributed by atoms with Crippen LogP contribution in [0.4, 0.5) is 0 Å². The van der Waals surface area contributed by atoms with Crippen LogP contribution < -0.4 is 0 Å². The fourth-order valence-electron chi connectivity index (χ4n) is 2.64. The van der Waals surface area contributed by atoms with Crippen LogP contribution in [-0.4, -0.2) is 5.78 Å². The van der Waals surface area contributed by atoms with Crippen molar-refractivity contribution in [2.75, 3.05) is 0 Å². The molecule has 1 aromatic heterocycles. The van der Waals surface area contributed by atoms with Crippen molar-refractivity contribution in [3.05, 3.63) is 70.6 Å². The molecule has 0 spiro atoms. The lowest BCUT2D eigenvalue weighted by atomic mass is 9.99. The summed E-state index contributed by atoms with van der Waals surface area (Å²) in [5.74, 6) is 0.321. The van der Waals surface area contributed by atoms with Gasteiger partial charge in [0.05, 0.1) is 0 Å². The largest absolute Gasteiger partial charge is 0.299 e. The van der Waals surface area contributed by atoms with Crippen molar-refractivity contribution in [1.82, 2.24) is 0 Å². The highest BCUT2D eigenvalue weighted by molar-refractivity contribution is 7.17. The summed E-state index contributed by atoms with van der Waals surface area (Å²) < 4.78 is 1.26. The summed E-state index contributed by atoms with van der Waals surface area (Å²) in [5.41, 5.74) is 3.72. The smallest absolute Gasteiger partial charge is 0.137 e. The number of ketones is 1. The molecule has 0 saturated carbocycles. The van der Waals surface area contributed by atoms with E-state index in [0.29, 0.717) is 18.6 Å². The number of hydrogen-bond acceptors (Lipinski definition) is 2. The summed E-state index contributed by atoms with van der Waals surface area (Å²) in [5, 5.41) is 3.35. The van der Waals surface area contributed by atoms with Crippen LogP contribution in [0.2, 0.25) is 0 Å². The van der Waals surface area contributed by atoms with E-state index in [9.17, 15) is 4.79 Å². The normalized spacial score (nSPS) is 10.9. The second kappa shape index (κ2) is 6.23. The Morgan fingerprint density at radius 2 is 1.76 bits per heavy atom. The van der Waals surface area contributed by atoms with Gasteiger partial charge in [-0.1, -0.05) is 42.5 Å². The van der Waals surface area contributed by atoms with Crippen LogP contribution in [0.15, 0.2) is 53.9 Å². The van der Waals surface area contributed by atoms with E-state index in [2.05, 4.69) is 36.6 Å². The number of rotatable bonds is 5. The van der Waals surface area contributed by atoms with E-state index in [1.807, 2.05) is 24.3 Å². The molecular formula is C19H18OS. The zero-order chi connectivity index (χ0) is 14.7. The first kappa shape index (κ1) is 14.0. The van der Waals surface area contributed by atoms with Crippen LogP contribution in [0.1, 0.15) is 23.1 Å². The van der Waals surface area contributed by atoms with Crippen molar-refractivity contribution in [2.45, 2.75) is 26.2 Å². The number of thiophene rings is 1. The van der Waals surface area contributed by atoms with Crippen LogP contribution in [0.3, 0.4) is 0 Å². The molecule has 0 unspecified atom stereocenters. The number of carbonyl (C=O) groups excluding carboxylic acids is 1. The number of Topliss-reactive ketones (excluding diaryl/α,β-unsaturated/α-hetero) is 1. The Morgan fingerprint density at radius 3 is 2.62 bits per heavy atom. The zero-order valence-electron chi connectivity index (χ0n) is 12.1. The first-order chi connectivity index (χ1) is 10.2. The van der Waals surface area contributed by atoms with Crippen LogP contribution in [-0.2, 0) is 17.6 Å². The molecule has 0 fully saturated rings. The Morgan fingerprint density at radius 1 is 1.00 bits per heavy atom. The third-order valence-electron chi connectivity index (χ3n) is 3.88. The van der Waals surface area contributed by atoms with Gasteiger partial charge >= 0.3 is 0 Å². The highest BCUT2D eigenvalue weighted by atomic mass is 32.1. The maximum Gasteiger partial charge on any atom is 0.137 e. The highest BCUT2D eigenvalue weighted by Crippen LogP contribution is 2.26. The number of hydrogen-bond donors (Lipinski definition) is 0. The molecule has 2 aromatic carbocycles. The molecule has 0 saturated heterocycles. The van der Waals surface area contributed by atoms with Crippen molar-refractivity contribution in [3.63, 3.8) is 0 Å². The third-order valence-corrected chi connectivity index (χ3v) is 4.90. The van der Waals surface area contributed by atoms with E-state index in [-0.39, 0.29) is 0 Å². The molecule has 1 nitrogen and oxygen atoms in total. The average molecular weight is 294 g/mol. The summed E-state index contributed by atoms with van der Waals surface area (Å²) in [6, 6.07) is 16.6. The lowest BCUT2D eigenvalue weighted by Gasteiger charge is -2.05. The van der Waals surface area contributed by atoms with Gasteiger partial charge in [0.15, 0.2) is 0 Å². The SMILES string of the molecule is Cc1ccccc1CCC(=O)Cc1csc2ccccc12. The van der Waals surface area contributed by atoms with Gasteiger partial charge in [0.2, 0.25) is 0 Å². The molecule has 21 heavy (non-hydrogen) atoms. The van der Waals surface area contributed by atoms with E-state index in [4.69, 9.17) is 0 Å². The standard InChI is InChI=1S/C19H18OS/c1-14-6-2-3-7-15(14)10-11-17(20)12-16-13-21-19-9-5-4-8-18(16)19/h2-9,13H,10-12H2,1H3. The Hall–Kier alpha value is -1.93. The van der Waals surface area contributed by atoms with Crippen molar-refractivity contribution in [3.8, 4) is 0 Å². The number of carbonyl (C=O) groups is 1. The van der Waals surface area contributed by atoms with Crippen LogP contribution >= 0.6 is 11.3 Å². The van der Waals surface area contributed by atoms with Gasteiger partial charge in [-0.15, -0.1) is 11.3 Å². The van der Waals surface area contributed by atoms with Crippen molar-refractivity contribution in [1.29, 1.82) is 0 Å². The lowest BCUT2D eigenvalue weighted by Crippen LogP contribution is -2.04. The van der Waals surface area contributed by atoms with Gasteiger partial charge < -0.3 is 0 Å². The Labute approximate surface area is 129 Å². The maximum absolute atomic E-state index is 12.2. The molecule has 1 heterocycles. The maximum atomic E-state index is 12.2. The minimum Gasteiger partial charge on any atom is -0.299 e. The predicted octanol–water partition coefficient (Wildman–Crippen LogP) is 4.95. The molecule has 0 atom stereocenters. The van der Waals surface area contributed by atoms with Crippen LogP contribution in [0.5, 0.6) is 0 Å². The van der Waals surface area contributed by atoms with Crippen molar-refractivity contribution >= 4 is 27.2 Å². The molecule has 106 valence electrons. The summed E-state index contributed by atoms with van der Waals surface area (Å²) in [7, 11) is 0. The van der Waals surface area contributed by atoms with E-state index in [1.165, 1.54) is 26.8 Å². The Balaban J connectivity index is 1.66. The minimum absolute atomic E-state index is 0.321. The predicted molar refractivity (Wildman–Crippen MR) is 90.0 cm³/mol. The second-order valence-corrected chi connectivity index (χ2v) is 6.31. The van der Waals surface area contributed by atoms with Gasteiger partial charge in [-0.2, -0.15) is 0 Å². The fraction of sp³-hybridized carbons (Fsp3) is 0.211. The van der Waals surface area contributed by atoms with E-state index in [0.717, 1.165) is 6.42 Å². The molecule has 0 amide bonds. The average Bonchev–Trinajstić information content (AvgIpc) is 2.90. The molecule has 0 aliphatic rings. The van der Waals surface area contributed by atoms with E-state index < -0.39 is 0 Å². The molecule has 0 radical (unpaired) electrons. The topological polar surface area (TPSA) is 17.1 Å². The molecule has 0 aliphatic carbocycles. The zero-order valence-corrected chi connectivity index (χ0v) is 13.0. The van der Waals surface area contributed by atoms with Gasteiger partial charge in [-0.25, -0.2) is 0 Å². The van der Waals surface area contributed by atoms with Crippen LogP contribution in [0, 0.1) is 6.92 Å². The Kier molecular flexibility index (Phi) is 4.16. The number of benzene rings is 2. The molecular weight excluding hydrogens is 276 g/mol. The molecule has 2 heteroatoms. The molecule has 3 aromatic rings. The number of fused-ring (bicyclic) bond motifs is 1. The summed E-state index contributed by atoms with van der Waals surface area (Å²) in [6.45, 7) is 2.10. The van der Waals surface area contributed by atoms with Gasteiger partial charge in [0, 0.05) is 17.5 Å². The third kappa shape index (κ3) is 3.22. The van der Waals surface area contributed by atoms with Gasteiger partial charge in [0.25, 0.3) is 0 Å². The molecule has 0 N–H and O–H groups in total. The quantitative estimate of drug-likeness (QED) is 0.650. The van der Waals surface area contributed by atoms with Gasteiger partial charge in [-0.3, -0.25) is 4.79 Å². The second-order valence-electron chi connectivity index (χ2n) is 5.40. The minimum atomic E-state index is 0.321. The fourth-order valence-corrected chi connectivity index (χ4v) is 3.60. The first-order valence-corrected chi connectivity index (χ1v) is 8.13. The van der Waals surface area contributed by atoms with Crippen molar-refractivity contribution < 1.29 is 4.79 Å². The molecule has 0 bridgehead atoms. The van der Waals surface area contributed by atoms with Gasteiger partial charge in [-0.05, 0) is 46.9 Å². The molecule has 0 aliphatic heterocycles. The molecule has 3 rings (SSSR count). The summed E-state index contributed by atoms with van der Waals surface area (Å²) in [4.78, 5) is 12.2. The van der Waals surface area contributed by atoms with Crippen molar-refractivity contribution in [2.24, 2.45) is 0 Å². The monoisotopic (exact) mass is 294 g/mol. The van der Waals surface area contributed by atoms with E-state index in [1.54, 1.807) is 11.3 Å². The Bertz CT molecular complexity index is 770. The van der Waals surface area contributed by atoms with Crippen LogP contribution in [0.25, 0.3) is 10.1 Å². The van der Waals surface area contributed by atoms with Gasteiger partial charge in [0.1, 0.15) is 5.78 Å². The first-order valence-electron chi connectivity index (χ1n) is 7.25. The highest BCUT2D eigenvalue weighted by Gasteiger charge is 2.09. The summed E-state index contributed by atoms with van der Waals surface area (Å²) in [6.07, 6.45) is 2.01. The lowest BCUT2D eigenvalue weighted by molar-refractivity contribution is -0.118.